The Labute approximate surface area is 155 Å². The molecule has 0 aromatic carbocycles. The number of nitrogens with zero attached hydrogens (tertiary/aromatic N) is 2. The number of pyridine rings is 1. The van der Waals surface area contributed by atoms with Crippen molar-refractivity contribution in [2.24, 2.45) is 0 Å². The van der Waals surface area contributed by atoms with Crippen LogP contribution in [-0.4, -0.2) is 34.0 Å². The molecule has 2 N–H and O–H groups in total. The lowest BCUT2D eigenvalue weighted by molar-refractivity contribution is 0.106. The van der Waals surface area contributed by atoms with E-state index < -0.39 is 6.03 Å². The maximum absolute atomic E-state index is 12.9. The summed E-state index contributed by atoms with van der Waals surface area (Å²) in [7, 11) is 0. The van der Waals surface area contributed by atoms with Gasteiger partial charge < -0.3 is 10.2 Å². The van der Waals surface area contributed by atoms with Crippen LogP contribution in [0, 0.1) is 0 Å². The summed E-state index contributed by atoms with van der Waals surface area (Å²) in [6, 6.07) is 3.61. The molecule has 2 fully saturated rings. The first kappa shape index (κ1) is 18.7. The molecule has 0 unspecified atom stereocenters. The van der Waals surface area contributed by atoms with Crippen LogP contribution in [0.3, 0.4) is 0 Å². The van der Waals surface area contributed by atoms with Crippen LogP contribution in [0.4, 0.5) is 9.59 Å². The molecule has 26 heavy (non-hydrogen) atoms. The number of imide groups is 1. The van der Waals surface area contributed by atoms with E-state index in [-0.39, 0.29) is 18.1 Å². The zero-order valence-corrected chi connectivity index (χ0v) is 15.5. The van der Waals surface area contributed by atoms with E-state index in [0.717, 1.165) is 31.2 Å². The predicted molar refractivity (Wildman–Crippen MR) is 101 cm³/mol. The van der Waals surface area contributed by atoms with Crippen molar-refractivity contribution in [3.63, 3.8) is 0 Å². The van der Waals surface area contributed by atoms with Crippen LogP contribution in [0.25, 0.3) is 0 Å². The zero-order chi connectivity index (χ0) is 18.2. The number of amides is 4. The van der Waals surface area contributed by atoms with Gasteiger partial charge in [-0.1, -0.05) is 44.6 Å². The summed E-state index contributed by atoms with van der Waals surface area (Å²) >= 11 is 0. The molecule has 6 nitrogen and oxygen atoms in total. The molecule has 6 heteroatoms. The molecule has 1 aromatic rings. The van der Waals surface area contributed by atoms with Crippen molar-refractivity contribution >= 4 is 12.1 Å². The van der Waals surface area contributed by atoms with Crippen molar-refractivity contribution in [3.05, 3.63) is 30.1 Å². The molecule has 3 rings (SSSR count). The van der Waals surface area contributed by atoms with Crippen LogP contribution in [0.2, 0.25) is 0 Å². The Morgan fingerprint density at radius 2 is 1.62 bits per heavy atom. The molecular formula is C20H30N4O2. The van der Waals surface area contributed by atoms with Crippen molar-refractivity contribution in [1.29, 1.82) is 0 Å². The number of hydrogen-bond donors (Lipinski definition) is 2. The van der Waals surface area contributed by atoms with E-state index >= 15 is 0 Å². The minimum Gasteiger partial charge on any atom is -0.334 e. The Balaban J connectivity index is 1.57. The van der Waals surface area contributed by atoms with Crippen LogP contribution in [-0.2, 0) is 6.54 Å². The standard InChI is InChI=1S/C20H30N4O2/c25-19(22-15-16-8-7-13-21-14-16)23-20(26)24(17-9-3-1-4-10-17)18-11-5-2-6-12-18/h7-8,13-14,17-18H,1-6,9-12,15H2,(H2,22,23,25,26). The SMILES string of the molecule is O=C(NCc1cccnc1)NC(=O)N(C1CCCCC1)C1CCCCC1. The lowest BCUT2D eigenvalue weighted by Gasteiger charge is -2.41. The molecule has 0 bridgehead atoms. The van der Waals surface area contributed by atoms with E-state index in [2.05, 4.69) is 15.6 Å². The highest BCUT2D eigenvalue weighted by molar-refractivity contribution is 5.93. The van der Waals surface area contributed by atoms with E-state index in [4.69, 9.17) is 0 Å². The molecule has 4 amide bonds. The van der Waals surface area contributed by atoms with E-state index in [1.54, 1.807) is 12.4 Å². The molecule has 0 saturated heterocycles. The second-order valence-electron chi connectivity index (χ2n) is 7.47. The van der Waals surface area contributed by atoms with Gasteiger partial charge in [-0.3, -0.25) is 10.3 Å². The van der Waals surface area contributed by atoms with Crippen molar-refractivity contribution in [2.75, 3.05) is 0 Å². The molecule has 0 spiro atoms. The molecule has 0 radical (unpaired) electrons. The number of carbonyl (C=O) groups excluding carboxylic acids is 2. The van der Waals surface area contributed by atoms with Crippen molar-refractivity contribution in [2.45, 2.75) is 82.8 Å². The average molecular weight is 358 g/mol. The summed E-state index contributed by atoms with van der Waals surface area (Å²) in [6.07, 6.45) is 14.8. The van der Waals surface area contributed by atoms with Gasteiger partial charge in [-0.2, -0.15) is 0 Å². The van der Waals surface area contributed by atoms with Gasteiger partial charge in [0.2, 0.25) is 0 Å². The fraction of sp³-hybridized carbons (Fsp3) is 0.650. The average Bonchev–Trinajstić information content (AvgIpc) is 2.69. The van der Waals surface area contributed by atoms with E-state index in [1.165, 1.54) is 38.5 Å². The Hall–Kier alpha value is -2.11. The summed E-state index contributed by atoms with van der Waals surface area (Å²) < 4.78 is 0. The minimum atomic E-state index is -0.435. The number of rotatable bonds is 4. The molecule has 1 heterocycles. The highest BCUT2D eigenvalue weighted by atomic mass is 16.2. The number of nitrogens with one attached hydrogen (secondary N) is 2. The molecule has 2 aliphatic carbocycles. The number of hydrogen-bond acceptors (Lipinski definition) is 3. The first-order chi connectivity index (χ1) is 12.7. The number of carbonyl (C=O) groups is 2. The van der Waals surface area contributed by atoms with Gasteiger partial charge in [0.05, 0.1) is 0 Å². The highest BCUT2D eigenvalue weighted by Gasteiger charge is 2.33. The Morgan fingerprint density at radius 1 is 1.00 bits per heavy atom. The third-order valence-electron chi connectivity index (χ3n) is 5.57. The fourth-order valence-corrected chi connectivity index (χ4v) is 4.24. The van der Waals surface area contributed by atoms with E-state index in [9.17, 15) is 9.59 Å². The van der Waals surface area contributed by atoms with Crippen LogP contribution >= 0.6 is 0 Å². The van der Waals surface area contributed by atoms with Gasteiger partial charge in [-0.05, 0) is 37.3 Å². The Kier molecular flexibility index (Phi) is 6.86. The van der Waals surface area contributed by atoms with Crippen LogP contribution in [0.1, 0.15) is 69.8 Å². The monoisotopic (exact) mass is 358 g/mol. The Bertz CT molecular complexity index is 563. The molecule has 0 aliphatic heterocycles. The van der Waals surface area contributed by atoms with Crippen LogP contribution in [0.5, 0.6) is 0 Å². The third kappa shape index (κ3) is 5.19. The predicted octanol–water partition coefficient (Wildman–Crippen LogP) is 3.97. The summed E-state index contributed by atoms with van der Waals surface area (Å²) in [5, 5.41) is 5.31. The molecule has 2 aliphatic rings. The van der Waals surface area contributed by atoms with Crippen molar-refractivity contribution < 1.29 is 9.59 Å². The number of urea groups is 2. The first-order valence-electron chi connectivity index (χ1n) is 10.00. The summed E-state index contributed by atoms with van der Waals surface area (Å²) in [4.78, 5) is 31.1. The fourth-order valence-electron chi connectivity index (χ4n) is 4.24. The summed E-state index contributed by atoms with van der Waals surface area (Å²) in [5.74, 6) is 0. The summed E-state index contributed by atoms with van der Waals surface area (Å²) in [6.45, 7) is 0.361. The minimum absolute atomic E-state index is 0.229. The van der Waals surface area contributed by atoms with E-state index in [0.29, 0.717) is 6.54 Å². The quantitative estimate of drug-likeness (QED) is 0.855. The van der Waals surface area contributed by atoms with Gasteiger partial charge >= 0.3 is 12.1 Å². The van der Waals surface area contributed by atoms with Crippen molar-refractivity contribution in [1.82, 2.24) is 20.5 Å². The Morgan fingerprint density at radius 3 is 2.15 bits per heavy atom. The van der Waals surface area contributed by atoms with Gasteiger partial charge in [0.25, 0.3) is 0 Å². The molecule has 142 valence electrons. The maximum Gasteiger partial charge on any atom is 0.325 e. The lowest BCUT2D eigenvalue weighted by atomic mass is 9.89. The molecule has 2 saturated carbocycles. The first-order valence-corrected chi connectivity index (χ1v) is 10.00. The normalized spacial score (nSPS) is 18.9. The summed E-state index contributed by atoms with van der Waals surface area (Å²) in [5.41, 5.74) is 0.909. The van der Waals surface area contributed by atoms with Gasteiger partial charge in [-0.25, -0.2) is 9.59 Å². The molecule has 1 aromatic heterocycles. The molecule has 0 atom stereocenters. The van der Waals surface area contributed by atoms with Gasteiger partial charge in [-0.15, -0.1) is 0 Å². The van der Waals surface area contributed by atoms with Crippen LogP contribution in [0.15, 0.2) is 24.5 Å². The lowest BCUT2D eigenvalue weighted by Crippen LogP contribution is -2.55. The highest BCUT2D eigenvalue weighted by Crippen LogP contribution is 2.30. The van der Waals surface area contributed by atoms with Crippen LogP contribution < -0.4 is 10.6 Å². The second-order valence-corrected chi connectivity index (χ2v) is 7.47. The smallest absolute Gasteiger partial charge is 0.325 e. The van der Waals surface area contributed by atoms with E-state index in [1.807, 2.05) is 17.0 Å². The van der Waals surface area contributed by atoms with Crippen molar-refractivity contribution in [3.8, 4) is 0 Å². The third-order valence-corrected chi connectivity index (χ3v) is 5.57. The van der Waals surface area contributed by atoms with Gasteiger partial charge in [0.1, 0.15) is 0 Å². The number of aromatic nitrogens is 1. The van der Waals surface area contributed by atoms with Gasteiger partial charge in [0.15, 0.2) is 0 Å². The second kappa shape index (κ2) is 9.55. The van der Waals surface area contributed by atoms with Gasteiger partial charge in [0, 0.05) is 31.0 Å². The topological polar surface area (TPSA) is 74.3 Å². The molecular weight excluding hydrogens is 328 g/mol. The largest absolute Gasteiger partial charge is 0.334 e. The zero-order valence-electron chi connectivity index (χ0n) is 15.5. The maximum atomic E-state index is 12.9.